The molecule has 0 spiro atoms. The largest absolute Gasteiger partial charge is 0.274 e. The van der Waals surface area contributed by atoms with Crippen LogP contribution in [0.4, 0.5) is 4.39 Å². The summed E-state index contributed by atoms with van der Waals surface area (Å²) in [5.74, 6) is 0.0525. The second-order valence-electron chi connectivity index (χ2n) is 8.05. The normalized spacial score (nSPS) is 21.6. The first-order valence-electron chi connectivity index (χ1n) is 10.1. The Morgan fingerprint density at radius 2 is 1.62 bits per heavy atom. The minimum Gasteiger partial charge on any atom is -0.274 e. The van der Waals surface area contributed by atoms with Crippen LogP contribution in [0, 0.1) is 11.7 Å². The van der Waals surface area contributed by atoms with Crippen molar-refractivity contribution in [1.29, 1.82) is 0 Å². The second-order valence-corrected chi connectivity index (χ2v) is 8.05. The molecule has 1 saturated carbocycles. The Hall–Kier alpha value is -3.08. The molecule has 2 aliphatic rings. The summed E-state index contributed by atoms with van der Waals surface area (Å²) >= 11 is 0. The second kappa shape index (κ2) is 7.07. The third kappa shape index (κ3) is 3.11. The molecule has 0 unspecified atom stereocenters. The van der Waals surface area contributed by atoms with E-state index >= 15 is 0 Å². The van der Waals surface area contributed by atoms with Gasteiger partial charge in [0.15, 0.2) is 0 Å². The van der Waals surface area contributed by atoms with Crippen molar-refractivity contribution >= 4 is 22.7 Å². The summed E-state index contributed by atoms with van der Waals surface area (Å²) in [6.45, 7) is 0.477. The molecular weight excluding hydrogens is 367 g/mol. The fourth-order valence-electron chi connectivity index (χ4n) is 4.81. The highest BCUT2D eigenvalue weighted by Gasteiger charge is 2.37. The molecule has 4 nitrogen and oxygen atoms in total. The van der Waals surface area contributed by atoms with Crippen LogP contribution in [0.5, 0.6) is 0 Å². The van der Waals surface area contributed by atoms with Crippen LogP contribution in [-0.4, -0.2) is 28.2 Å². The van der Waals surface area contributed by atoms with E-state index in [0.29, 0.717) is 29.5 Å². The van der Waals surface area contributed by atoms with Crippen LogP contribution in [0.2, 0.25) is 0 Å². The molecule has 5 rings (SSSR count). The van der Waals surface area contributed by atoms with E-state index in [1.54, 1.807) is 42.6 Å². The Kier molecular flexibility index (Phi) is 4.38. The van der Waals surface area contributed by atoms with E-state index in [4.69, 9.17) is 0 Å². The molecule has 146 valence electrons. The van der Waals surface area contributed by atoms with Crippen molar-refractivity contribution < 1.29 is 14.0 Å². The number of aromatic nitrogens is 1. The number of hydrogen-bond donors (Lipinski definition) is 0. The maximum Gasteiger partial charge on any atom is 0.261 e. The van der Waals surface area contributed by atoms with Crippen molar-refractivity contribution in [1.82, 2.24) is 9.88 Å². The highest BCUT2D eigenvalue weighted by molar-refractivity contribution is 6.21. The van der Waals surface area contributed by atoms with Gasteiger partial charge in [-0.1, -0.05) is 12.1 Å². The molecule has 0 saturated heterocycles. The summed E-state index contributed by atoms with van der Waals surface area (Å²) in [5.41, 5.74) is 2.98. The molecule has 2 aromatic carbocycles. The third-order valence-corrected chi connectivity index (χ3v) is 6.34. The number of fused-ring (bicyclic) bond motifs is 2. The molecule has 1 aliphatic heterocycles. The van der Waals surface area contributed by atoms with Gasteiger partial charge in [0.25, 0.3) is 11.8 Å². The van der Waals surface area contributed by atoms with Crippen molar-refractivity contribution in [2.75, 3.05) is 6.54 Å². The topological polar surface area (TPSA) is 50.3 Å². The van der Waals surface area contributed by atoms with Gasteiger partial charge in [0.2, 0.25) is 0 Å². The molecule has 1 fully saturated rings. The van der Waals surface area contributed by atoms with E-state index in [1.807, 2.05) is 6.07 Å². The lowest BCUT2D eigenvalue weighted by Crippen LogP contribution is -2.35. The minimum atomic E-state index is -0.244. The Morgan fingerprint density at radius 1 is 0.931 bits per heavy atom. The average molecular weight is 388 g/mol. The fraction of sp³-hybridized carbons (Fsp3) is 0.292. The fourth-order valence-corrected chi connectivity index (χ4v) is 4.81. The van der Waals surface area contributed by atoms with Crippen LogP contribution < -0.4 is 0 Å². The van der Waals surface area contributed by atoms with E-state index in [-0.39, 0.29) is 17.6 Å². The predicted molar refractivity (Wildman–Crippen MR) is 108 cm³/mol. The van der Waals surface area contributed by atoms with Crippen LogP contribution in [0.3, 0.4) is 0 Å². The van der Waals surface area contributed by atoms with Crippen LogP contribution >= 0.6 is 0 Å². The maximum atomic E-state index is 13.8. The molecule has 0 N–H and O–H groups in total. The van der Waals surface area contributed by atoms with Crippen LogP contribution in [0.1, 0.15) is 57.9 Å². The lowest BCUT2D eigenvalue weighted by molar-refractivity contribution is 0.0614. The quantitative estimate of drug-likeness (QED) is 0.597. The van der Waals surface area contributed by atoms with Gasteiger partial charge in [-0.25, -0.2) is 4.39 Å². The van der Waals surface area contributed by atoms with E-state index in [2.05, 4.69) is 4.98 Å². The highest BCUT2D eigenvalue weighted by atomic mass is 19.1. The summed E-state index contributed by atoms with van der Waals surface area (Å²) in [6.07, 6.45) is 5.60. The molecule has 1 aromatic heterocycles. The lowest BCUT2D eigenvalue weighted by Gasteiger charge is -2.31. The summed E-state index contributed by atoms with van der Waals surface area (Å²) in [6, 6.07) is 13.8. The summed E-state index contributed by atoms with van der Waals surface area (Å²) in [4.78, 5) is 31.0. The van der Waals surface area contributed by atoms with Gasteiger partial charge in [-0.05, 0) is 79.5 Å². The number of nitrogens with zero attached hydrogens (tertiary/aromatic N) is 2. The van der Waals surface area contributed by atoms with Gasteiger partial charge in [-0.15, -0.1) is 0 Å². The van der Waals surface area contributed by atoms with Crippen molar-refractivity contribution in [3.05, 3.63) is 77.2 Å². The highest BCUT2D eigenvalue weighted by Crippen LogP contribution is 2.39. The average Bonchev–Trinajstić information content (AvgIpc) is 2.99. The number of pyridine rings is 1. The first-order chi connectivity index (χ1) is 14.1. The van der Waals surface area contributed by atoms with Gasteiger partial charge in [0, 0.05) is 18.1 Å². The van der Waals surface area contributed by atoms with Gasteiger partial charge in [0.05, 0.1) is 16.6 Å². The number of carbonyl (C=O) groups is 2. The first kappa shape index (κ1) is 18.0. The first-order valence-corrected chi connectivity index (χ1v) is 10.1. The minimum absolute atomic E-state index is 0.177. The lowest BCUT2D eigenvalue weighted by atomic mass is 9.77. The number of hydrogen-bond acceptors (Lipinski definition) is 3. The predicted octanol–water partition coefficient (Wildman–Crippen LogP) is 4.94. The zero-order valence-corrected chi connectivity index (χ0v) is 16.0. The Bertz CT molecular complexity index is 1080. The zero-order valence-electron chi connectivity index (χ0n) is 16.0. The smallest absolute Gasteiger partial charge is 0.261 e. The Balaban J connectivity index is 1.29. The number of rotatable bonds is 3. The number of carbonyl (C=O) groups excluding carboxylic acids is 2. The van der Waals surface area contributed by atoms with Gasteiger partial charge in [0.1, 0.15) is 5.82 Å². The molecule has 1 aliphatic carbocycles. The summed E-state index contributed by atoms with van der Waals surface area (Å²) in [5, 5.41) is 0.885. The molecule has 0 radical (unpaired) electrons. The van der Waals surface area contributed by atoms with Crippen molar-refractivity contribution in [3.63, 3.8) is 0 Å². The Morgan fingerprint density at radius 3 is 2.31 bits per heavy atom. The molecular formula is C24H21FN2O2. The third-order valence-electron chi connectivity index (χ3n) is 6.34. The number of amides is 2. The van der Waals surface area contributed by atoms with Crippen LogP contribution in [-0.2, 0) is 0 Å². The number of halogens is 1. The molecule has 5 heteroatoms. The molecule has 3 aromatic rings. The van der Waals surface area contributed by atoms with E-state index in [9.17, 15) is 14.0 Å². The monoisotopic (exact) mass is 388 g/mol. The van der Waals surface area contributed by atoms with Gasteiger partial charge >= 0.3 is 0 Å². The van der Waals surface area contributed by atoms with Gasteiger partial charge < -0.3 is 0 Å². The molecule has 2 heterocycles. The molecule has 29 heavy (non-hydrogen) atoms. The van der Waals surface area contributed by atoms with E-state index in [0.717, 1.165) is 42.1 Å². The van der Waals surface area contributed by atoms with Crippen molar-refractivity contribution in [2.45, 2.75) is 31.6 Å². The Labute approximate surface area is 168 Å². The van der Waals surface area contributed by atoms with Crippen LogP contribution in [0.15, 0.2) is 54.7 Å². The maximum absolute atomic E-state index is 13.8. The standard InChI is InChI=1S/C24H21FN2O2/c25-17-9-10-22-21(13-17)18(11-12-26-22)16-7-5-15(6-8-16)14-27-23(28)19-3-1-2-4-20(19)24(27)29/h1-4,9-13,15-16H,5-8,14H2. The number of imide groups is 1. The van der Waals surface area contributed by atoms with Crippen LogP contribution in [0.25, 0.3) is 10.9 Å². The molecule has 0 bridgehead atoms. The number of benzene rings is 2. The van der Waals surface area contributed by atoms with Crippen molar-refractivity contribution in [2.24, 2.45) is 5.92 Å². The van der Waals surface area contributed by atoms with E-state index in [1.165, 1.54) is 11.0 Å². The van der Waals surface area contributed by atoms with E-state index < -0.39 is 0 Å². The summed E-state index contributed by atoms with van der Waals surface area (Å²) < 4.78 is 13.8. The van der Waals surface area contributed by atoms with Gasteiger partial charge in [-0.2, -0.15) is 0 Å². The molecule has 2 amide bonds. The molecule has 0 atom stereocenters. The summed E-state index contributed by atoms with van der Waals surface area (Å²) in [7, 11) is 0. The SMILES string of the molecule is O=C1c2ccccc2C(=O)N1CC1CCC(c2ccnc3ccc(F)cc23)CC1. The van der Waals surface area contributed by atoms with Crippen molar-refractivity contribution in [3.8, 4) is 0 Å². The zero-order chi connectivity index (χ0) is 20.0. The van der Waals surface area contributed by atoms with Gasteiger partial charge in [-0.3, -0.25) is 19.5 Å².